The maximum atomic E-state index is 10.00. The highest BCUT2D eigenvalue weighted by Crippen LogP contribution is 2.34. The van der Waals surface area contributed by atoms with Gasteiger partial charge in [-0.2, -0.15) is 0 Å². The Morgan fingerprint density at radius 3 is 2.95 bits per heavy atom. The zero-order valence-corrected chi connectivity index (χ0v) is 12.6. The molecule has 0 aliphatic heterocycles. The Hall–Kier alpha value is -1.91. The van der Waals surface area contributed by atoms with Gasteiger partial charge in [-0.05, 0) is 48.1 Å². The van der Waals surface area contributed by atoms with Gasteiger partial charge in [-0.15, -0.1) is 0 Å². The van der Waals surface area contributed by atoms with E-state index in [0.29, 0.717) is 12.3 Å². The average molecular weight is 298 g/mol. The molecule has 22 heavy (non-hydrogen) atoms. The molecule has 0 radical (unpaired) electrons. The van der Waals surface area contributed by atoms with E-state index in [9.17, 15) is 10.2 Å². The monoisotopic (exact) mass is 298 g/mol. The number of pyridine rings is 1. The van der Waals surface area contributed by atoms with Crippen LogP contribution in [0.4, 0.5) is 0 Å². The number of phenolic OH excluding ortho intramolecular Hbond substituents is 1. The summed E-state index contributed by atoms with van der Waals surface area (Å²) in [7, 11) is 0. The molecule has 1 aromatic carbocycles. The van der Waals surface area contributed by atoms with Crippen molar-refractivity contribution >= 4 is 0 Å². The molecule has 0 saturated heterocycles. The maximum absolute atomic E-state index is 10.00. The van der Waals surface area contributed by atoms with Crippen molar-refractivity contribution in [2.24, 2.45) is 0 Å². The topological polar surface area (TPSA) is 65.4 Å². The molecule has 1 aromatic heterocycles. The number of phenols is 1. The Kier molecular flexibility index (Phi) is 4.71. The molecular weight excluding hydrogens is 276 g/mol. The third kappa shape index (κ3) is 3.13. The highest BCUT2D eigenvalue weighted by atomic mass is 16.3. The molecular formula is C18H22N2O2. The molecule has 0 bridgehead atoms. The number of nitrogens with one attached hydrogen (secondary N) is 1. The molecule has 0 spiro atoms. The predicted molar refractivity (Wildman–Crippen MR) is 85.9 cm³/mol. The zero-order chi connectivity index (χ0) is 15.4. The number of fused-ring (bicyclic) bond motifs is 1. The van der Waals surface area contributed by atoms with Crippen LogP contribution < -0.4 is 5.32 Å². The Morgan fingerprint density at radius 1 is 1.27 bits per heavy atom. The van der Waals surface area contributed by atoms with Crippen molar-refractivity contribution in [1.29, 1.82) is 0 Å². The second kappa shape index (κ2) is 6.90. The van der Waals surface area contributed by atoms with Crippen molar-refractivity contribution in [2.45, 2.75) is 31.2 Å². The highest BCUT2D eigenvalue weighted by Gasteiger charge is 2.23. The minimum absolute atomic E-state index is 0.0383. The molecule has 3 N–H and O–H groups in total. The second-order valence-corrected chi connectivity index (χ2v) is 5.86. The first-order valence-corrected chi connectivity index (χ1v) is 7.84. The fourth-order valence-electron chi connectivity index (χ4n) is 3.23. The van der Waals surface area contributed by atoms with Crippen LogP contribution in [0.1, 0.15) is 41.5 Å². The molecule has 3 rings (SSSR count). The summed E-state index contributed by atoms with van der Waals surface area (Å²) < 4.78 is 0. The molecule has 0 amide bonds. The van der Waals surface area contributed by atoms with Crippen molar-refractivity contribution < 1.29 is 10.2 Å². The summed E-state index contributed by atoms with van der Waals surface area (Å²) in [5, 5.41) is 23.2. The van der Waals surface area contributed by atoms with Crippen molar-refractivity contribution in [3.63, 3.8) is 0 Å². The van der Waals surface area contributed by atoms with Gasteiger partial charge in [-0.1, -0.05) is 18.2 Å². The third-order valence-corrected chi connectivity index (χ3v) is 4.47. The minimum Gasteiger partial charge on any atom is -0.508 e. The molecule has 0 saturated carbocycles. The van der Waals surface area contributed by atoms with E-state index in [0.717, 1.165) is 30.4 Å². The van der Waals surface area contributed by atoms with Crippen LogP contribution in [0.3, 0.4) is 0 Å². The van der Waals surface area contributed by atoms with Gasteiger partial charge < -0.3 is 15.5 Å². The number of hydrogen-bond acceptors (Lipinski definition) is 4. The first-order chi connectivity index (χ1) is 10.8. The Bertz CT molecular complexity index is 616. The summed E-state index contributed by atoms with van der Waals surface area (Å²) in [6.45, 7) is 0.792. The molecule has 116 valence electrons. The van der Waals surface area contributed by atoms with Gasteiger partial charge in [0.2, 0.25) is 0 Å². The van der Waals surface area contributed by atoms with Crippen molar-refractivity contribution in [1.82, 2.24) is 10.3 Å². The quantitative estimate of drug-likeness (QED) is 0.793. The van der Waals surface area contributed by atoms with Crippen LogP contribution in [0.5, 0.6) is 5.75 Å². The lowest BCUT2D eigenvalue weighted by molar-refractivity contribution is 0.256. The number of nitrogens with zero attached hydrogens (tertiary/aromatic N) is 1. The average Bonchev–Trinajstić information content (AvgIpc) is 2.57. The second-order valence-electron chi connectivity index (χ2n) is 5.86. The summed E-state index contributed by atoms with van der Waals surface area (Å²) >= 11 is 0. The Labute approximate surface area is 130 Å². The van der Waals surface area contributed by atoms with Gasteiger partial charge in [0, 0.05) is 30.9 Å². The maximum Gasteiger partial charge on any atom is 0.119 e. The summed E-state index contributed by atoms with van der Waals surface area (Å²) in [5.41, 5.74) is 3.30. The lowest BCUT2D eigenvalue weighted by Gasteiger charge is -2.28. The van der Waals surface area contributed by atoms with Gasteiger partial charge >= 0.3 is 0 Å². The normalized spacial score (nSPS) is 18.7. The van der Waals surface area contributed by atoms with E-state index < -0.39 is 0 Å². The zero-order valence-electron chi connectivity index (χ0n) is 12.6. The molecule has 4 nitrogen and oxygen atoms in total. The van der Waals surface area contributed by atoms with E-state index in [1.54, 1.807) is 12.3 Å². The molecule has 4 heteroatoms. The van der Waals surface area contributed by atoms with Crippen LogP contribution in [0.25, 0.3) is 0 Å². The fraction of sp³-hybridized carbons (Fsp3) is 0.389. The van der Waals surface area contributed by atoms with Crippen LogP contribution in [-0.4, -0.2) is 28.3 Å². The van der Waals surface area contributed by atoms with Gasteiger partial charge in [0.25, 0.3) is 0 Å². The number of aliphatic hydroxyl groups excluding tert-OH is 1. The lowest BCUT2D eigenvalue weighted by atomic mass is 9.86. The van der Waals surface area contributed by atoms with E-state index in [-0.39, 0.29) is 18.6 Å². The molecule has 0 fully saturated rings. The van der Waals surface area contributed by atoms with Gasteiger partial charge in [-0.25, -0.2) is 0 Å². The van der Waals surface area contributed by atoms with Crippen LogP contribution in [-0.2, 0) is 6.42 Å². The smallest absolute Gasteiger partial charge is 0.119 e. The molecule has 2 atom stereocenters. The van der Waals surface area contributed by atoms with Crippen LogP contribution >= 0.6 is 0 Å². The highest BCUT2D eigenvalue weighted by molar-refractivity contribution is 5.42. The number of aromatic nitrogens is 1. The molecule has 1 aliphatic carbocycles. The number of aliphatic hydroxyl groups is 1. The number of benzene rings is 1. The Morgan fingerprint density at radius 2 is 2.18 bits per heavy atom. The summed E-state index contributed by atoms with van der Waals surface area (Å²) in [5.74, 6) is 0.436. The number of rotatable bonds is 5. The van der Waals surface area contributed by atoms with Crippen molar-refractivity contribution in [3.05, 3.63) is 59.4 Å². The largest absolute Gasteiger partial charge is 0.508 e. The third-order valence-electron chi connectivity index (χ3n) is 4.47. The molecule has 1 heterocycles. The standard InChI is InChI=1S/C18H22N2O2/c21-12-14(13-4-3-9-19-10-13)11-20-17-7-1-6-16-15(17)5-2-8-18(16)22/h2-5,8-10,14,17,20-22H,1,6-7,11-12H2. The van der Waals surface area contributed by atoms with Gasteiger partial charge in [-0.3, -0.25) is 4.98 Å². The predicted octanol–water partition coefficient (Wildman–Crippen LogP) is 2.53. The summed E-state index contributed by atoms with van der Waals surface area (Å²) in [4.78, 5) is 4.12. The SMILES string of the molecule is OCC(CNC1CCCc2c(O)cccc21)c1cccnc1. The lowest BCUT2D eigenvalue weighted by Crippen LogP contribution is -2.30. The fourth-order valence-corrected chi connectivity index (χ4v) is 3.23. The molecule has 2 unspecified atom stereocenters. The van der Waals surface area contributed by atoms with Crippen LogP contribution in [0, 0.1) is 0 Å². The van der Waals surface area contributed by atoms with Crippen molar-refractivity contribution in [2.75, 3.05) is 13.2 Å². The van der Waals surface area contributed by atoms with E-state index in [2.05, 4.69) is 16.4 Å². The van der Waals surface area contributed by atoms with E-state index >= 15 is 0 Å². The van der Waals surface area contributed by atoms with E-state index in [4.69, 9.17) is 0 Å². The van der Waals surface area contributed by atoms with Crippen LogP contribution in [0.15, 0.2) is 42.7 Å². The van der Waals surface area contributed by atoms with Crippen LogP contribution in [0.2, 0.25) is 0 Å². The van der Waals surface area contributed by atoms with E-state index in [1.165, 1.54) is 5.56 Å². The minimum atomic E-state index is 0.0383. The number of hydrogen-bond donors (Lipinski definition) is 3. The first kappa shape index (κ1) is 15.0. The van der Waals surface area contributed by atoms with Crippen molar-refractivity contribution in [3.8, 4) is 5.75 Å². The van der Waals surface area contributed by atoms with Gasteiger partial charge in [0.1, 0.15) is 5.75 Å². The first-order valence-electron chi connectivity index (χ1n) is 7.84. The van der Waals surface area contributed by atoms with Gasteiger partial charge in [0.05, 0.1) is 6.61 Å². The molecule has 1 aliphatic rings. The van der Waals surface area contributed by atoms with E-state index in [1.807, 2.05) is 24.4 Å². The summed E-state index contributed by atoms with van der Waals surface area (Å²) in [6.07, 6.45) is 6.61. The molecule has 2 aromatic rings. The summed E-state index contributed by atoms with van der Waals surface area (Å²) in [6, 6.07) is 9.87. The number of aromatic hydroxyl groups is 1. The van der Waals surface area contributed by atoms with Gasteiger partial charge in [0.15, 0.2) is 0 Å². The Balaban J connectivity index is 1.71.